The molecular weight excluding hydrogens is 374 g/mol. The zero-order valence-corrected chi connectivity index (χ0v) is 19.5. The lowest BCUT2D eigenvalue weighted by atomic mass is 9.87. The summed E-state index contributed by atoms with van der Waals surface area (Å²) in [6.45, 7) is 12.1. The van der Waals surface area contributed by atoms with Crippen molar-refractivity contribution in [2.75, 3.05) is 14.1 Å². The maximum Gasteiger partial charge on any atom is 0.0444 e. The first-order chi connectivity index (χ1) is 13.8. The van der Waals surface area contributed by atoms with Crippen LogP contribution >= 0.6 is 11.6 Å². The summed E-state index contributed by atoms with van der Waals surface area (Å²) in [5, 5.41) is 0.846. The maximum atomic E-state index is 6.38. The Morgan fingerprint density at radius 3 is 2.34 bits per heavy atom. The van der Waals surface area contributed by atoms with E-state index < -0.39 is 0 Å². The highest BCUT2D eigenvalue weighted by atomic mass is 35.5. The van der Waals surface area contributed by atoms with E-state index in [2.05, 4.69) is 76.4 Å². The molecule has 0 aromatic heterocycles. The average molecular weight is 412 g/mol. The summed E-state index contributed by atoms with van der Waals surface area (Å²) in [5.41, 5.74) is 4.96. The third-order valence-electron chi connectivity index (χ3n) is 6.24. The molecule has 0 amide bonds. The largest absolute Gasteiger partial charge is 0.306 e. The van der Waals surface area contributed by atoms with Gasteiger partial charge >= 0.3 is 0 Å². The van der Waals surface area contributed by atoms with E-state index in [1.807, 2.05) is 12.2 Å². The van der Waals surface area contributed by atoms with Crippen LogP contribution in [0.3, 0.4) is 0 Å². The minimum absolute atomic E-state index is 0.447. The van der Waals surface area contributed by atoms with E-state index in [9.17, 15) is 0 Å². The number of hydrogen-bond donors (Lipinski definition) is 0. The Morgan fingerprint density at radius 2 is 1.83 bits per heavy atom. The lowest BCUT2D eigenvalue weighted by Gasteiger charge is -2.30. The average Bonchev–Trinajstić information content (AvgIpc) is 3.19. The zero-order chi connectivity index (χ0) is 21.4. The van der Waals surface area contributed by atoms with E-state index in [0.29, 0.717) is 5.92 Å². The van der Waals surface area contributed by atoms with E-state index in [0.717, 1.165) is 29.8 Å². The minimum atomic E-state index is 0.447. The molecule has 1 nitrogen and oxygen atoms in total. The van der Waals surface area contributed by atoms with Crippen LogP contribution in [0.25, 0.3) is 5.57 Å². The Labute approximate surface area is 183 Å². The predicted molar refractivity (Wildman–Crippen MR) is 130 cm³/mol. The van der Waals surface area contributed by atoms with E-state index in [1.54, 1.807) is 0 Å². The fourth-order valence-electron chi connectivity index (χ4n) is 3.99. The van der Waals surface area contributed by atoms with E-state index in [-0.39, 0.29) is 0 Å². The molecule has 1 aromatic carbocycles. The molecule has 2 aliphatic carbocycles. The Bertz CT molecular complexity index is 748. The normalized spacial score (nSPS) is 22.3. The van der Waals surface area contributed by atoms with Gasteiger partial charge in [0.05, 0.1) is 0 Å². The van der Waals surface area contributed by atoms with Crippen molar-refractivity contribution < 1.29 is 0 Å². The van der Waals surface area contributed by atoms with Gasteiger partial charge in [-0.3, -0.25) is 0 Å². The van der Waals surface area contributed by atoms with Crippen molar-refractivity contribution >= 4 is 17.2 Å². The predicted octanol–water partition coefficient (Wildman–Crippen LogP) is 7.73. The molecule has 2 aliphatic rings. The van der Waals surface area contributed by atoms with E-state index in [1.165, 1.54) is 48.0 Å². The van der Waals surface area contributed by atoms with Gasteiger partial charge in [0, 0.05) is 11.1 Å². The van der Waals surface area contributed by atoms with Crippen LogP contribution in [0.5, 0.6) is 0 Å². The number of hydrogen-bond acceptors (Lipinski definition) is 1. The monoisotopic (exact) mass is 411 g/mol. The third kappa shape index (κ3) is 7.32. The first-order valence-corrected chi connectivity index (χ1v) is 11.3. The molecule has 0 radical (unpaired) electrons. The number of halogens is 1. The van der Waals surface area contributed by atoms with Crippen LogP contribution in [0.15, 0.2) is 61.2 Å². The Balaban J connectivity index is 0.000000253. The quantitative estimate of drug-likeness (QED) is 0.433. The van der Waals surface area contributed by atoms with Gasteiger partial charge in [-0.15, -0.1) is 6.58 Å². The van der Waals surface area contributed by atoms with Crippen molar-refractivity contribution in [3.63, 3.8) is 0 Å². The summed E-state index contributed by atoms with van der Waals surface area (Å²) in [6, 6.07) is 7.22. The van der Waals surface area contributed by atoms with Gasteiger partial charge in [0.15, 0.2) is 0 Å². The number of allylic oxidation sites excluding steroid dienone is 6. The molecule has 1 atom stereocenters. The minimum Gasteiger partial charge on any atom is -0.306 e. The van der Waals surface area contributed by atoms with Gasteiger partial charge in [0.1, 0.15) is 0 Å². The highest BCUT2D eigenvalue weighted by Crippen LogP contribution is 2.31. The molecule has 1 saturated carbocycles. The molecule has 158 valence electrons. The Hall–Kier alpha value is -1.57. The number of rotatable bonds is 6. The van der Waals surface area contributed by atoms with Crippen LogP contribution < -0.4 is 0 Å². The Morgan fingerprint density at radius 1 is 1.14 bits per heavy atom. The molecular formula is C27H38ClN. The van der Waals surface area contributed by atoms with Gasteiger partial charge in [0.25, 0.3) is 0 Å². The van der Waals surface area contributed by atoms with E-state index in [4.69, 9.17) is 11.6 Å². The highest BCUT2D eigenvalue weighted by molar-refractivity contribution is 6.31. The smallest absolute Gasteiger partial charge is 0.0444 e. The summed E-state index contributed by atoms with van der Waals surface area (Å²) in [6.07, 6.45) is 15.7. The van der Waals surface area contributed by atoms with Crippen LogP contribution in [-0.4, -0.2) is 25.0 Å². The maximum absolute atomic E-state index is 6.38. The fraction of sp³-hybridized carbons (Fsp3) is 0.481. The first kappa shape index (κ1) is 23.7. The van der Waals surface area contributed by atoms with Gasteiger partial charge in [-0.05, 0) is 92.8 Å². The lowest BCUT2D eigenvalue weighted by molar-refractivity contribution is 0.200. The topological polar surface area (TPSA) is 3.24 Å². The van der Waals surface area contributed by atoms with Crippen LogP contribution in [-0.2, 0) is 6.42 Å². The second-order valence-electron chi connectivity index (χ2n) is 8.91. The molecule has 0 N–H and O–H groups in total. The summed E-state index contributed by atoms with van der Waals surface area (Å²) in [7, 11) is 4.39. The second kappa shape index (κ2) is 11.6. The fourth-order valence-corrected chi connectivity index (χ4v) is 4.24. The van der Waals surface area contributed by atoms with Crippen molar-refractivity contribution in [3.05, 3.63) is 77.4 Å². The summed E-state index contributed by atoms with van der Waals surface area (Å²) in [5.74, 6) is 1.43. The van der Waals surface area contributed by atoms with Gasteiger partial charge in [-0.25, -0.2) is 0 Å². The molecule has 0 aliphatic heterocycles. The van der Waals surface area contributed by atoms with Crippen molar-refractivity contribution in [2.24, 2.45) is 11.8 Å². The molecule has 1 fully saturated rings. The zero-order valence-electron chi connectivity index (χ0n) is 18.8. The number of benzene rings is 1. The summed E-state index contributed by atoms with van der Waals surface area (Å²) < 4.78 is 0. The number of nitrogens with zero attached hydrogens (tertiary/aromatic N) is 1. The SMILES string of the molecule is C=CC1=CC=C(c2ccc(CC(C)C=C)c(Cl)c2)C1.CC1CCC(N(C)C)CC1. The van der Waals surface area contributed by atoms with Gasteiger partial charge in [-0.2, -0.15) is 0 Å². The molecule has 3 rings (SSSR count). The molecule has 2 heteroatoms. The van der Waals surface area contributed by atoms with Crippen LogP contribution in [0, 0.1) is 11.8 Å². The molecule has 1 unspecified atom stereocenters. The lowest BCUT2D eigenvalue weighted by Crippen LogP contribution is -2.31. The van der Waals surface area contributed by atoms with Gasteiger partial charge in [0.2, 0.25) is 0 Å². The van der Waals surface area contributed by atoms with E-state index >= 15 is 0 Å². The van der Waals surface area contributed by atoms with Crippen LogP contribution in [0.1, 0.15) is 57.1 Å². The third-order valence-corrected chi connectivity index (χ3v) is 6.59. The summed E-state index contributed by atoms with van der Waals surface area (Å²) >= 11 is 6.38. The van der Waals surface area contributed by atoms with Crippen LogP contribution in [0.2, 0.25) is 5.02 Å². The molecule has 29 heavy (non-hydrogen) atoms. The molecule has 0 saturated heterocycles. The highest BCUT2D eigenvalue weighted by Gasteiger charge is 2.18. The van der Waals surface area contributed by atoms with Gasteiger partial charge in [-0.1, -0.05) is 68.5 Å². The van der Waals surface area contributed by atoms with Crippen molar-refractivity contribution in [2.45, 2.75) is 58.4 Å². The molecule has 0 bridgehead atoms. The second-order valence-corrected chi connectivity index (χ2v) is 9.32. The first-order valence-electron chi connectivity index (χ1n) is 10.9. The van der Waals surface area contributed by atoms with Crippen LogP contribution in [0.4, 0.5) is 0 Å². The molecule has 0 spiro atoms. The van der Waals surface area contributed by atoms with Crippen molar-refractivity contribution in [1.82, 2.24) is 4.90 Å². The van der Waals surface area contributed by atoms with Gasteiger partial charge < -0.3 is 4.90 Å². The van der Waals surface area contributed by atoms with Crippen molar-refractivity contribution in [3.8, 4) is 0 Å². The van der Waals surface area contributed by atoms with Crippen molar-refractivity contribution in [1.29, 1.82) is 0 Å². The molecule has 1 aromatic rings. The molecule has 0 heterocycles. The summed E-state index contributed by atoms with van der Waals surface area (Å²) in [4.78, 5) is 2.37. The Kier molecular flexibility index (Phi) is 9.46. The standard InChI is InChI=1S/C18H19Cl.C9H19N/c1-4-13(3)10-17-9-8-16(12-18(17)19)15-7-6-14(5-2)11-15;1-8-4-6-9(7-5-8)10(2)3/h4-9,12-13H,1-2,10-11H2,3H3;8-9H,4-7H2,1-3H3.